The maximum Gasteiger partial charge on any atom is 0.331 e. The molecule has 218 valence electrons. The molecule has 0 amide bonds. The number of ether oxygens (including phenoxy) is 5. The van der Waals surface area contributed by atoms with Gasteiger partial charge in [0.05, 0.1) is 23.7 Å². The van der Waals surface area contributed by atoms with Crippen LogP contribution >= 0.6 is 0 Å². The summed E-state index contributed by atoms with van der Waals surface area (Å²) in [5, 5.41) is 46.4. The van der Waals surface area contributed by atoms with Crippen molar-refractivity contribution in [1.82, 2.24) is 0 Å². The lowest BCUT2D eigenvalue weighted by Gasteiger charge is -2.62. The van der Waals surface area contributed by atoms with Gasteiger partial charge in [0, 0.05) is 18.4 Å². The van der Waals surface area contributed by atoms with E-state index in [9.17, 15) is 30.0 Å². The fraction of sp³-hybridized carbons (Fsp3) is 0.793. The zero-order chi connectivity index (χ0) is 28.2. The molecule has 0 aromatic heterocycles. The molecule has 8 rings (SSSR count). The Balaban J connectivity index is 1.19. The summed E-state index contributed by atoms with van der Waals surface area (Å²) in [6.45, 7) is 5.52. The van der Waals surface area contributed by atoms with Crippen LogP contribution in [-0.4, -0.2) is 98.7 Å². The molecule has 11 nitrogen and oxygen atoms in total. The Hall–Kier alpha value is -1.70. The molecule has 0 aromatic rings. The number of esters is 1. The summed E-state index contributed by atoms with van der Waals surface area (Å²) in [6.07, 6.45) is -0.770. The van der Waals surface area contributed by atoms with E-state index in [0.717, 1.165) is 5.57 Å². The number of rotatable bonds is 1. The number of epoxide rings is 1. The van der Waals surface area contributed by atoms with Gasteiger partial charge in [-0.05, 0) is 56.4 Å². The molecule has 0 unspecified atom stereocenters. The van der Waals surface area contributed by atoms with E-state index in [2.05, 4.69) is 0 Å². The minimum atomic E-state index is -2.05. The first-order valence-corrected chi connectivity index (χ1v) is 14.4. The van der Waals surface area contributed by atoms with Crippen molar-refractivity contribution < 1.29 is 53.7 Å². The summed E-state index contributed by atoms with van der Waals surface area (Å²) >= 11 is 0. The Labute approximate surface area is 231 Å². The van der Waals surface area contributed by atoms with Gasteiger partial charge in [-0.15, -0.1) is 0 Å². The number of hydrogen-bond acceptors (Lipinski definition) is 11. The second kappa shape index (κ2) is 7.62. The van der Waals surface area contributed by atoms with Gasteiger partial charge >= 0.3 is 5.97 Å². The quantitative estimate of drug-likeness (QED) is 0.194. The van der Waals surface area contributed by atoms with E-state index < -0.39 is 88.2 Å². The first kappa shape index (κ1) is 26.0. The van der Waals surface area contributed by atoms with Crippen LogP contribution in [0.25, 0.3) is 0 Å². The highest BCUT2D eigenvalue weighted by atomic mass is 16.8. The molecule has 0 bridgehead atoms. The number of ketones is 1. The van der Waals surface area contributed by atoms with Crippen molar-refractivity contribution in [1.29, 1.82) is 0 Å². The molecule has 6 fully saturated rings. The van der Waals surface area contributed by atoms with Crippen molar-refractivity contribution in [3.8, 4) is 0 Å². The molecule has 3 saturated carbocycles. The number of carbonyl (C=O) groups is 2. The molecule has 3 saturated heterocycles. The Morgan fingerprint density at radius 2 is 1.85 bits per heavy atom. The zero-order valence-electron chi connectivity index (χ0n) is 22.7. The number of aliphatic hydroxyl groups excluding tert-OH is 2. The molecular weight excluding hydrogens is 524 g/mol. The zero-order valence-corrected chi connectivity index (χ0v) is 22.7. The highest BCUT2D eigenvalue weighted by molar-refractivity contribution is 5.94. The van der Waals surface area contributed by atoms with Crippen LogP contribution in [0.2, 0.25) is 0 Å². The molecule has 4 N–H and O–H groups in total. The average molecular weight is 561 g/mol. The highest BCUT2D eigenvalue weighted by Gasteiger charge is 2.88. The summed E-state index contributed by atoms with van der Waals surface area (Å²) in [6, 6.07) is 0. The Morgan fingerprint density at radius 3 is 2.58 bits per heavy atom. The van der Waals surface area contributed by atoms with Gasteiger partial charge in [0.15, 0.2) is 5.78 Å². The van der Waals surface area contributed by atoms with Crippen molar-refractivity contribution in [2.24, 2.45) is 22.7 Å². The molecule has 4 aliphatic heterocycles. The van der Waals surface area contributed by atoms with Crippen LogP contribution in [0.15, 0.2) is 23.3 Å². The first-order valence-electron chi connectivity index (χ1n) is 14.4. The van der Waals surface area contributed by atoms with Gasteiger partial charge in [-0.2, -0.15) is 0 Å². The summed E-state index contributed by atoms with van der Waals surface area (Å²) in [5.74, 6) is -4.20. The number of carbonyl (C=O) groups excluding carboxylic acids is 2. The normalized spacial score (nSPS) is 59.7. The maximum absolute atomic E-state index is 14.2. The van der Waals surface area contributed by atoms with Crippen molar-refractivity contribution in [2.45, 2.75) is 113 Å². The van der Waals surface area contributed by atoms with Crippen LogP contribution in [0.5, 0.6) is 0 Å². The molecule has 0 aromatic carbocycles. The Kier molecular flexibility index (Phi) is 4.95. The lowest BCUT2D eigenvalue weighted by atomic mass is 9.43. The van der Waals surface area contributed by atoms with Gasteiger partial charge in [-0.25, -0.2) is 4.79 Å². The lowest BCUT2D eigenvalue weighted by molar-refractivity contribution is -0.448. The number of fused-ring (bicyclic) bond motifs is 5. The van der Waals surface area contributed by atoms with Crippen molar-refractivity contribution in [2.75, 3.05) is 6.61 Å². The van der Waals surface area contributed by atoms with Crippen LogP contribution < -0.4 is 0 Å². The van der Waals surface area contributed by atoms with Crippen molar-refractivity contribution in [3.63, 3.8) is 0 Å². The Bertz CT molecular complexity index is 1280. The molecule has 1 spiro atoms. The highest BCUT2D eigenvalue weighted by Crippen LogP contribution is 2.76. The lowest BCUT2D eigenvalue weighted by Crippen LogP contribution is -2.75. The minimum Gasteiger partial charge on any atom is -0.458 e. The molecule has 11 heteroatoms. The summed E-state index contributed by atoms with van der Waals surface area (Å²) in [4.78, 5) is 26.1. The molecule has 40 heavy (non-hydrogen) atoms. The fourth-order valence-electron chi connectivity index (χ4n) is 9.99. The summed E-state index contributed by atoms with van der Waals surface area (Å²) < 4.78 is 29.7. The summed E-state index contributed by atoms with van der Waals surface area (Å²) in [7, 11) is 0. The third-order valence-corrected chi connectivity index (χ3v) is 12.0. The standard InChI is InChI=1S/C29H36O11/c1-12-6-18(30)29(35)24(37-12)38-16-8-14-9-19-28(40-19)22(25(14,2)10-17(16)39-29)21(32)23(33)26(3)15(4-5-27(26,28)34)13-7-20(31)36-11-13/h7-8,12,15-19,21-22,24,30,32,34-35H,4-6,9-11H2,1-3H3/t12-,15-,16-,17-,18-,19+,21+,22-,24+,25+,26+,27-,28+,29+/m1/s1. The second-order valence-electron chi connectivity index (χ2n) is 13.7. The first-order chi connectivity index (χ1) is 18.8. The minimum absolute atomic E-state index is 0.0719. The predicted octanol–water partition coefficient (Wildman–Crippen LogP) is 0.0229. The third-order valence-electron chi connectivity index (χ3n) is 12.0. The Morgan fingerprint density at radius 1 is 1.07 bits per heavy atom. The van der Waals surface area contributed by atoms with E-state index in [1.807, 2.05) is 13.0 Å². The van der Waals surface area contributed by atoms with Gasteiger partial charge in [-0.1, -0.05) is 18.6 Å². The molecular formula is C29H36O11. The van der Waals surface area contributed by atoms with Gasteiger partial charge in [0.2, 0.25) is 12.1 Å². The largest absolute Gasteiger partial charge is 0.458 e. The smallest absolute Gasteiger partial charge is 0.331 e. The molecule has 8 aliphatic rings. The van der Waals surface area contributed by atoms with E-state index in [4.69, 9.17) is 23.7 Å². The van der Waals surface area contributed by atoms with Crippen LogP contribution in [0.3, 0.4) is 0 Å². The van der Waals surface area contributed by atoms with Crippen LogP contribution in [0.4, 0.5) is 0 Å². The van der Waals surface area contributed by atoms with Crippen molar-refractivity contribution in [3.05, 3.63) is 23.3 Å². The van der Waals surface area contributed by atoms with E-state index >= 15 is 0 Å². The van der Waals surface area contributed by atoms with Gasteiger partial charge in [-0.3, -0.25) is 4.79 Å². The molecule has 14 atom stereocenters. The van der Waals surface area contributed by atoms with E-state index in [0.29, 0.717) is 18.4 Å². The van der Waals surface area contributed by atoms with E-state index in [-0.39, 0.29) is 32.0 Å². The van der Waals surface area contributed by atoms with E-state index in [1.165, 1.54) is 6.08 Å². The molecule has 4 aliphatic carbocycles. The molecule has 0 radical (unpaired) electrons. The monoisotopic (exact) mass is 560 g/mol. The predicted molar refractivity (Wildman–Crippen MR) is 132 cm³/mol. The average Bonchev–Trinajstić information content (AvgIpc) is 3.33. The maximum atomic E-state index is 14.2. The third kappa shape index (κ3) is 2.75. The van der Waals surface area contributed by atoms with Gasteiger partial charge < -0.3 is 44.1 Å². The fourth-order valence-corrected chi connectivity index (χ4v) is 9.99. The number of hydrogen-bond donors (Lipinski definition) is 4. The van der Waals surface area contributed by atoms with Crippen LogP contribution in [0, 0.1) is 22.7 Å². The van der Waals surface area contributed by atoms with Crippen LogP contribution in [-0.2, 0) is 33.3 Å². The number of Topliss-reactive ketones (excluding diaryl/α,β-unsaturated/α-hetero) is 1. The molecule has 4 heterocycles. The summed E-state index contributed by atoms with van der Waals surface area (Å²) in [5.41, 5.74) is -3.31. The van der Waals surface area contributed by atoms with E-state index in [1.54, 1.807) is 13.8 Å². The topological polar surface area (TPSA) is 165 Å². The second-order valence-corrected chi connectivity index (χ2v) is 13.7. The van der Waals surface area contributed by atoms with Crippen molar-refractivity contribution >= 4 is 11.8 Å². The number of aliphatic hydroxyl groups is 4. The number of cyclic esters (lactones) is 1. The van der Waals surface area contributed by atoms with Crippen LogP contribution in [0.1, 0.15) is 52.9 Å². The van der Waals surface area contributed by atoms with Gasteiger partial charge in [0.25, 0.3) is 0 Å². The SMILES string of the molecule is C[C@@H]1C[C@@H](O)[C@]2(O)O[C@@H]3C[C@@]4(C)C(=C[C@H]3O[C@@H]2O1)C[C@@H]1O[C@]12[C@@H]4[C@H](O)C(=O)[C@]1(C)[C@@H](C3=CC(=O)OC3)CC[C@]21O. The van der Waals surface area contributed by atoms with Gasteiger partial charge in [0.1, 0.15) is 36.1 Å².